The highest BCUT2D eigenvalue weighted by atomic mass is 16.5. The molecule has 1 aliphatic carbocycles. The van der Waals surface area contributed by atoms with Crippen LogP contribution in [0.15, 0.2) is 49.1 Å². The number of ether oxygens (including phenoxy) is 1. The molecule has 0 atom stereocenters. The number of aryl methyl sites for hydroxylation is 2. The summed E-state index contributed by atoms with van der Waals surface area (Å²) in [7, 11) is 0. The van der Waals surface area contributed by atoms with Crippen molar-refractivity contribution >= 4 is 11.7 Å². The van der Waals surface area contributed by atoms with Gasteiger partial charge in [-0.05, 0) is 56.0 Å². The van der Waals surface area contributed by atoms with Crippen molar-refractivity contribution in [2.75, 3.05) is 5.32 Å². The molecule has 0 radical (unpaired) electrons. The Morgan fingerprint density at radius 2 is 1.93 bits per heavy atom. The van der Waals surface area contributed by atoms with E-state index in [2.05, 4.69) is 20.3 Å². The maximum Gasteiger partial charge on any atom is 0.258 e. The van der Waals surface area contributed by atoms with Gasteiger partial charge < -0.3 is 10.1 Å². The average molecular weight is 360 g/mol. The Hall–Kier alpha value is -3.28. The molecule has 0 unspecified atom stereocenters. The number of amides is 1. The van der Waals surface area contributed by atoms with Gasteiger partial charge in [0.25, 0.3) is 5.91 Å². The normalized spacial score (nSPS) is 13.3. The first-order valence-electron chi connectivity index (χ1n) is 8.92. The van der Waals surface area contributed by atoms with Gasteiger partial charge in [0.1, 0.15) is 5.75 Å². The zero-order valence-electron chi connectivity index (χ0n) is 15.3. The van der Waals surface area contributed by atoms with E-state index in [0.717, 1.165) is 41.0 Å². The molecule has 2 heterocycles. The van der Waals surface area contributed by atoms with Crippen LogP contribution in [0.3, 0.4) is 0 Å². The van der Waals surface area contributed by atoms with E-state index in [1.54, 1.807) is 30.9 Å². The zero-order chi connectivity index (χ0) is 18.8. The molecule has 27 heavy (non-hydrogen) atoms. The topological polar surface area (TPSA) is 77.0 Å². The summed E-state index contributed by atoms with van der Waals surface area (Å²) in [6, 6.07) is 7.79. The van der Waals surface area contributed by atoms with E-state index < -0.39 is 0 Å². The van der Waals surface area contributed by atoms with Gasteiger partial charge in [-0.1, -0.05) is 6.07 Å². The van der Waals surface area contributed by atoms with Crippen molar-refractivity contribution in [2.45, 2.75) is 32.8 Å². The molecule has 4 rings (SSSR count). The lowest BCUT2D eigenvalue weighted by molar-refractivity contribution is 0.102. The van der Waals surface area contributed by atoms with Crippen LogP contribution in [0, 0.1) is 13.8 Å². The largest absolute Gasteiger partial charge is 0.490 e. The maximum atomic E-state index is 12.4. The van der Waals surface area contributed by atoms with Crippen LogP contribution in [-0.2, 0) is 0 Å². The Morgan fingerprint density at radius 3 is 2.63 bits per heavy atom. The molecule has 1 aromatic carbocycles. The zero-order valence-corrected chi connectivity index (χ0v) is 15.3. The van der Waals surface area contributed by atoms with Gasteiger partial charge in [0.05, 0.1) is 29.8 Å². The van der Waals surface area contributed by atoms with Gasteiger partial charge in [0, 0.05) is 18.0 Å². The molecule has 0 aliphatic heterocycles. The number of anilines is 1. The maximum absolute atomic E-state index is 12.4. The van der Waals surface area contributed by atoms with Gasteiger partial charge in [0.2, 0.25) is 0 Å². The first-order chi connectivity index (χ1) is 13.1. The lowest BCUT2D eigenvalue weighted by Crippen LogP contribution is -2.14. The van der Waals surface area contributed by atoms with Gasteiger partial charge in [-0.25, -0.2) is 4.98 Å². The molecule has 1 amide bonds. The Bertz CT molecular complexity index is 982. The van der Waals surface area contributed by atoms with Gasteiger partial charge in [0.15, 0.2) is 5.82 Å². The van der Waals surface area contributed by atoms with E-state index in [9.17, 15) is 4.79 Å². The molecule has 0 saturated heterocycles. The minimum absolute atomic E-state index is 0.251. The fourth-order valence-corrected chi connectivity index (χ4v) is 2.75. The van der Waals surface area contributed by atoms with Crippen LogP contribution in [-0.4, -0.2) is 27.0 Å². The highest BCUT2D eigenvalue weighted by Crippen LogP contribution is 2.31. The van der Waals surface area contributed by atoms with E-state index >= 15 is 0 Å². The smallest absolute Gasteiger partial charge is 0.258 e. The molecule has 1 N–H and O–H groups in total. The molecule has 2 aromatic heterocycles. The van der Waals surface area contributed by atoms with Crippen molar-refractivity contribution in [3.63, 3.8) is 0 Å². The fourth-order valence-electron chi connectivity index (χ4n) is 2.75. The fraction of sp³-hybridized carbons (Fsp3) is 0.238. The molecule has 1 fully saturated rings. The molecule has 136 valence electrons. The van der Waals surface area contributed by atoms with E-state index in [1.165, 1.54) is 0 Å². The van der Waals surface area contributed by atoms with E-state index in [-0.39, 0.29) is 5.91 Å². The third kappa shape index (κ3) is 3.95. The number of benzene rings is 1. The van der Waals surface area contributed by atoms with Gasteiger partial charge >= 0.3 is 0 Å². The number of nitrogens with zero attached hydrogens (tertiary/aromatic N) is 3. The number of hydrogen-bond acceptors (Lipinski definition) is 5. The van der Waals surface area contributed by atoms with Crippen LogP contribution < -0.4 is 10.1 Å². The van der Waals surface area contributed by atoms with Crippen LogP contribution in [0.1, 0.15) is 34.3 Å². The molecular weight excluding hydrogens is 340 g/mol. The molecule has 0 bridgehead atoms. The number of hydrogen-bond donors (Lipinski definition) is 1. The van der Waals surface area contributed by atoms with Gasteiger partial charge in [-0.2, -0.15) is 0 Å². The third-order valence-corrected chi connectivity index (χ3v) is 4.49. The van der Waals surface area contributed by atoms with Crippen molar-refractivity contribution in [2.24, 2.45) is 0 Å². The number of carbonyl (C=O) groups excluding carboxylic acids is 1. The number of pyridine rings is 1. The number of rotatable bonds is 5. The molecular formula is C21H20N4O2. The second-order valence-electron chi connectivity index (χ2n) is 6.73. The van der Waals surface area contributed by atoms with Crippen molar-refractivity contribution < 1.29 is 9.53 Å². The molecule has 6 heteroatoms. The van der Waals surface area contributed by atoms with Crippen LogP contribution in [0.5, 0.6) is 5.75 Å². The van der Waals surface area contributed by atoms with Gasteiger partial charge in [-0.15, -0.1) is 0 Å². The molecule has 6 nitrogen and oxygen atoms in total. The second kappa shape index (κ2) is 7.15. The standard InChI is InChI=1S/C21H20N4O2/c1-13-3-4-16(27-15-5-6-15)9-17(13)19-11-24-20(12-23-19)25-21(26)18-10-22-8-7-14(18)2/h3-4,7-12,15H,5-6H2,1-2H3,(H,24,25,26). The SMILES string of the molecule is Cc1ccncc1C(=O)Nc1cnc(-c2cc(OC3CC3)ccc2C)cn1. The Labute approximate surface area is 157 Å². The number of aromatic nitrogens is 3. The van der Waals surface area contributed by atoms with Crippen molar-refractivity contribution in [3.05, 3.63) is 65.7 Å². The van der Waals surface area contributed by atoms with Crippen molar-refractivity contribution in [1.82, 2.24) is 15.0 Å². The summed E-state index contributed by atoms with van der Waals surface area (Å²) in [6.07, 6.45) is 9.01. The summed E-state index contributed by atoms with van der Waals surface area (Å²) in [6.45, 7) is 3.89. The Balaban J connectivity index is 1.52. The lowest BCUT2D eigenvalue weighted by Gasteiger charge is -2.10. The Kier molecular flexibility index (Phi) is 4.54. The van der Waals surface area contributed by atoms with Crippen molar-refractivity contribution in [1.29, 1.82) is 0 Å². The van der Waals surface area contributed by atoms with Gasteiger partial charge in [-0.3, -0.25) is 14.8 Å². The highest BCUT2D eigenvalue weighted by molar-refractivity contribution is 6.04. The number of carbonyl (C=O) groups is 1. The minimum Gasteiger partial charge on any atom is -0.490 e. The second-order valence-corrected chi connectivity index (χ2v) is 6.73. The highest BCUT2D eigenvalue weighted by Gasteiger charge is 2.23. The first kappa shape index (κ1) is 17.1. The van der Waals surface area contributed by atoms with E-state index in [1.807, 2.05) is 32.0 Å². The number of nitrogens with one attached hydrogen (secondary N) is 1. The summed E-state index contributed by atoms with van der Waals surface area (Å²) in [5.74, 6) is 0.998. The van der Waals surface area contributed by atoms with Crippen molar-refractivity contribution in [3.8, 4) is 17.0 Å². The monoisotopic (exact) mass is 360 g/mol. The van der Waals surface area contributed by atoms with E-state index in [0.29, 0.717) is 17.5 Å². The quantitative estimate of drug-likeness (QED) is 0.745. The molecule has 3 aromatic rings. The average Bonchev–Trinajstić information content (AvgIpc) is 3.48. The van der Waals surface area contributed by atoms with Crippen LogP contribution in [0.25, 0.3) is 11.3 Å². The summed E-state index contributed by atoms with van der Waals surface area (Å²) in [5.41, 5.74) is 4.18. The summed E-state index contributed by atoms with van der Waals surface area (Å²) in [5, 5.41) is 2.76. The predicted octanol–water partition coefficient (Wildman–Crippen LogP) is 3.95. The van der Waals surface area contributed by atoms with Crippen LogP contribution in [0.4, 0.5) is 5.82 Å². The van der Waals surface area contributed by atoms with E-state index in [4.69, 9.17) is 4.74 Å². The van der Waals surface area contributed by atoms with Crippen LogP contribution >= 0.6 is 0 Å². The summed E-state index contributed by atoms with van der Waals surface area (Å²) < 4.78 is 5.87. The Morgan fingerprint density at radius 1 is 1.07 bits per heavy atom. The molecule has 1 aliphatic rings. The lowest BCUT2D eigenvalue weighted by atomic mass is 10.1. The molecule has 0 spiro atoms. The molecule has 1 saturated carbocycles. The third-order valence-electron chi connectivity index (χ3n) is 4.49. The summed E-state index contributed by atoms with van der Waals surface area (Å²) >= 11 is 0. The summed E-state index contributed by atoms with van der Waals surface area (Å²) in [4.78, 5) is 25.2. The first-order valence-corrected chi connectivity index (χ1v) is 8.92. The van der Waals surface area contributed by atoms with Crippen LogP contribution in [0.2, 0.25) is 0 Å². The predicted molar refractivity (Wildman–Crippen MR) is 103 cm³/mol. The minimum atomic E-state index is -0.251.